The number of anilines is 1. The molecule has 16 heavy (non-hydrogen) atoms. The van der Waals surface area contributed by atoms with E-state index in [9.17, 15) is 13.2 Å². The third kappa shape index (κ3) is 1.74. The zero-order chi connectivity index (χ0) is 11.8. The van der Waals surface area contributed by atoms with Crippen LogP contribution in [0.3, 0.4) is 0 Å². The Kier molecular flexibility index (Phi) is 2.35. The molecule has 0 aliphatic rings. The third-order valence-electron chi connectivity index (χ3n) is 1.92. The lowest BCUT2D eigenvalue weighted by Crippen LogP contribution is -2.11. The molecule has 0 bridgehead atoms. The molecule has 0 aliphatic carbocycles. The molecule has 2 aromatic rings. The molecule has 0 radical (unpaired) electrons. The molecule has 0 amide bonds. The molecule has 84 valence electrons. The Morgan fingerprint density at radius 3 is 2.56 bits per heavy atom. The number of hydrogen-bond donors (Lipinski definition) is 2. The number of hydrazine groups is 1. The maximum atomic E-state index is 12.4. The fourth-order valence-corrected chi connectivity index (χ4v) is 1.22. The average Bonchev–Trinajstić information content (AvgIpc) is 2.26. The summed E-state index contributed by atoms with van der Waals surface area (Å²) in [5.74, 6) is 5.38. The largest absolute Gasteiger partial charge is 0.433 e. The van der Waals surface area contributed by atoms with Crippen LogP contribution >= 0.6 is 0 Å². The molecular formula is C8H6F3N5. The summed E-state index contributed by atoms with van der Waals surface area (Å²) < 4.78 is 37.1. The summed E-state index contributed by atoms with van der Waals surface area (Å²) in [5, 5.41) is 0.331. The number of hydrogen-bond acceptors (Lipinski definition) is 5. The van der Waals surface area contributed by atoms with E-state index < -0.39 is 11.9 Å². The molecule has 0 atom stereocenters. The van der Waals surface area contributed by atoms with Crippen molar-refractivity contribution in [2.24, 2.45) is 5.84 Å². The van der Waals surface area contributed by atoms with Crippen LogP contribution < -0.4 is 11.3 Å². The van der Waals surface area contributed by atoms with E-state index in [4.69, 9.17) is 5.84 Å². The van der Waals surface area contributed by atoms with Gasteiger partial charge in [-0.3, -0.25) is 0 Å². The van der Waals surface area contributed by atoms with E-state index in [-0.39, 0.29) is 11.5 Å². The summed E-state index contributed by atoms with van der Waals surface area (Å²) in [4.78, 5) is 10.8. The number of nitrogen functional groups attached to an aromatic ring is 1. The van der Waals surface area contributed by atoms with Crippen LogP contribution in [-0.4, -0.2) is 15.0 Å². The van der Waals surface area contributed by atoms with E-state index in [1.807, 2.05) is 0 Å². The molecule has 8 heteroatoms. The fraction of sp³-hybridized carbons (Fsp3) is 0.125. The molecule has 0 spiro atoms. The number of pyridine rings is 1. The quantitative estimate of drug-likeness (QED) is 0.569. The predicted octanol–water partition coefficient (Wildman–Crippen LogP) is 1.33. The first-order valence-corrected chi connectivity index (χ1v) is 4.18. The monoisotopic (exact) mass is 229 g/mol. The molecule has 2 rings (SSSR count). The summed E-state index contributed by atoms with van der Waals surface area (Å²) >= 11 is 0. The second kappa shape index (κ2) is 3.56. The minimum Gasteiger partial charge on any atom is -0.308 e. The standard InChI is InChI=1S/C8H6F3N5/c9-8(10,11)5-2-1-4-6(15-5)13-3-14-7(4)16-12/h1-3H,12H2,(H,13,14,15,16). The third-order valence-corrected chi connectivity index (χ3v) is 1.92. The topological polar surface area (TPSA) is 76.7 Å². The first-order chi connectivity index (χ1) is 7.52. The summed E-state index contributed by atoms with van der Waals surface area (Å²) in [7, 11) is 0. The van der Waals surface area contributed by atoms with Gasteiger partial charge in [-0.05, 0) is 12.1 Å². The van der Waals surface area contributed by atoms with Crippen molar-refractivity contribution in [2.75, 3.05) is 5.43 Å². The highest BCUT2D eigenvalue weighted by molar-refractivity contribution is 5.85. The normalized spacial score (nSPS) is 11.8. The van der Waals surface area contributed by atoms with Gasteiger partial charge in [0, 0.05) is 0 Å². The molecular weight excluding hydrogens is 223 g/mol. The summed E-state index contributed by atoms with van der Waals surface area (Å²) in [6.45, 7) is 0. The lowest BCUT2D eigenvalue weighted by molar-refractivity contribution is -0.141. The molecule has 3 N–H and O–H groups in total. The van der Waals surface area contributed by atoms with Crippen LogP contribution in [0, 0.1) is 0 Å². The minimum absolute atomic E-state index is 0.0576. The van der Waals surface area contributed by atoms with Gasteiger partial charge in [-0.1, -0.05) is 0 Å². The van der Waals surface area contributed by atoms with E-state index >= 15 is 0 Å². The number of fused-ring (bicyclic) bond motifs is 1. The Morgan fingerprint density at radius 1 is 1.19 bits per heavy atom. The van der Waals surface area contributed by atoms with Crippen LogP contribution in [0.5, 0.6) is 0 Å². The first kappa shape index (κ1) is 10.6. The molecule has 2 aromatic heterocycles. The molecule has 0 fully saturated rings. The highest BCUT2D eigenvalue weighted by atomic mass is 19.4. The van der Waals surface area contributed by atoms with Crippen molar-refractivity contribution in [3.8, 4) is 0 Å². The Balaban J connectivity index is 2.64. The van der Waals surface area contributed by atoms with E-state index in [0.717, 1.165) is 12.4 Å². The highest BCUT2D eigenvalue weighted by Crippen LogP contribution is 2.29. The number of rotatable bonds is 1. The maximum absolute atomic E-state index is 12.4. The van der Waals surface area contributed by atoms with Gasteiger partial charge in [0.2, 0.25) is 0 Å². The van der Waals surface area contributed by atoms with Gasteiger partial charge in [0.25, 0.3) is 0 Å². The van der Waals surface area contributed by atoms with Crippen molar-refractivity contribution >= 4 is 16.9 Å². The van der Waals surface area contributed by atoms with Crippen LogP contribution in [0.2, 0.25) is 0 Å². The number of nitrogens with one attached hydrogen (secondary N) is 1. The van der Waals surface area contributed by atoms with Crippen molar-refractivity contribution < 1.29 is 13.2 Å². The molecule has 2 heterocycles. The van der Waals surface area contributed by atoms with Gasteiger partial charge in [-0.25, -0.2) is 20.8 Å². The molecule has 0 aliphatic heterocycles. The number of halogens is 3. The van der Waals surface area contributed by atoms with Gasteiger partial charge in [-0.15, -0.1) is 0 Å². The van der Waals surface area contributed by atoms with Gasteiger partial charge < -0.3 is 5.43 Å². The Bertz CT molecular complexity index is 525. The van der Waals surface area contributed by atoms with E-state index in [1.165, 1.54) is 6.07 Å². The molecule has 0 saturated heterocycles. The van der Waals surface area contributed by atoms with Gasteiger partial charge in [-0.2, -0.15) is 13.2 Å². The van der Waals surface area contributed by atoms with Crippen LogP contribution in [0.4, 0.5) is 19.0 Å². The van der Waals surface area contributed by atoms with Gasteiger partial charge in [0.05, 0.1) is 5.39 Å². The zero-order valence-corrected chi connectivity index (χ0v) is 7.78. The lowest BCUT2D eigenvalue weighted by Gasteiger charge is -2.07. The second-order valence-electron chi connectivity index (χ2n) is 2.93. The molecule has 5 nitrogen and oxygen atoms in total. The van der Waals surface area contributed by atoms with E-state index in [0.29, 0.717) is 5.39 Å². The summed E-state index contributed by atoms with van der Waals surface area (Å²) in [6.07, 6.45) is -3.40. The smallest absolute Gasteiger partial charge is 0.308 e. The van der Waals surface area contributed by atoms with Crippen molar-refractivity contribution in [1.82, 2.24) is 15.0 Å². The molecule has 0 unspecified atom stereocenters. The Hall–Kier alpha value is -1.96. The molecule has 0 saturated carbocycles. The van der Waals surface area contributed by atoms with Crippen molar-refractivity contribution in [2.45, 2.75) is 6.18 Å². The van der Waals surface area contributed by atoms with Crippen LogP contribution in [0.15, 0.2) is 18.5 Å². The minimum atomic E-state index is -4.49. The van der Waals surface area contributed by atoms with Crippen LogP contribution in [0.1, 0.15) is 5.69 Å². The lowest BCUT2D eigenvalue weighted by atomic mass is 10.2. The van der Waals surface area contributed by atoms with Crippen molar-refractivity contribution in [3.63, 3.8) is 0 Å². The fourth-order valence-electron chi connectivity index (χ4n) is 1.22. The Labute approximate surface area is 87.5 Å². The summed E-state index contributed by atoms with van der Waals surface area (Å²) in [6, 6.07) is 2.08. The number of aromatic nitrogens is 3. The first-order valence-electron chi connectivity index (χ1n) is 4.18. The van der Waals surface area contributed by atoms with Crippen LogP contribution in [-0.2, 0) is 6.18 Å². The summed E-state index contributed by atoms with van der Waals surface area (Å²) in [5.41, 5.74) is 1.20. The molecule has 0 aromatic carbocycles. The second-order valence-corrected chi connectivity index (χ2v) is 2.93. The van der Waals surface area contributed by atoms with Gasteiger partial charge >= 0.3 is 6.18 Å². The number of nitrogens with two attached hydrogens (primary N) is 1. The number of alkyl halides is 3. The predicted molar refractivity (Wildman–Crippen MR) is 50.1 cm³/mol. The van der Waals surface area contributed by atoms with Gasteiger partial charge in [0.1, 0.15) is 12.0 Å². The van der Waals surface area contributed by atoms with Crippen molar-refractivity contribution in [3.05, 3.63) is 24.2 Å². The van der Waals surface area contributed by atoms with Gasteiger partial charge in [0.15, 0.2) is 11.5 Å². The van der Waals surface area contributed by atoms with Crippen molar-refractivity contribution in [1.29, 1.82) is 0 Å². The highest BCUT2D eigenvalue weighted by Gasteiger charge is 2.32. The number of nitrogens with zero attached hydrogens (tertiary/aromatic N) is 3. The Morgan fingerprint density at radius 2 is 1.94 bits per heavy atom. The van der Waals surface area contributed by atoms with Crippen LogP contribution in [0.25, 0.3) is 11.0 Å². The average molecular weight is 229 g/mol. The van der Waals surface area contributed by atoms with E-state index in [2.05, 4.69) is 20.4 Å². The zero-order valence-electron chi connectivity index (χ0n) is 7.78. The SMILES string of the molecule is NNc1ncnc2nc(C(F)(F)F)ccc12. The maximum Gasteiger partial charge on any atom is 0.433 e. The van der Waals surface area contributed by atoms with E-state index in [1.54, 1.807) is 0 Å².